The minimum atomic E-state index is -0.202. The van der Waals surface area contributed by atoms with E-state index in [9.17, 15) is 4.39 Å². The van der Waals surface area contributed by atoms with Crippen LogP contribution in [-0.4, -0.2) is 9.55 Å². The maximum atomic E-state index is 12.8. The van der Waals surface area contributed by atoms with Gasteiger partial charge in [0.25, 0.3) is 0 Å². The second-order valence-electron chi connectivity index (χ2n) is 4.56. The van der Waals surface area contributed by atoms with Crippen LogP contribution >= 0.6 is 0 Å². The van der Waals surface area contributed by atoms with Crippen molar-refractivity contribution in [1.29, 1.82) is 0 Å². The van der Waals surface area contributed by atoms with Crippen molar-refractivity contribution in [2.75, 3.05) is 5.73 Å². The van der Waals surface area contributed by atoms with E-state index in [0.717, 1.165) is 35.2 Å². The molecule has 2 N–H and O–H groups in total. The normalized spacial score (nSPS) is 11.0. The number of benzene rings is 2. The van der Waals surface area contributed by atoms with E-state index in [0.29, 0.717) is 0 Å². The topological polar surface area (TPSA) is 43.8 Å². The smallest absolute Gasteiger partial charge is 0.123 e. The van der Waals surface area contributed by atoms with E-state index in [1.807, 2.05) is 36.7 Å². The third-order valence-electron chi connectivity index (χ3n) is 3.20. The van der Waals surface area contributed by atoms with E-state index in [4.69, 9.17) is 5.73 Å². The molecule has 0 radical (unpaired) electrons. The number of rotatable bonds is 3. The highest BCUT2D eigenvalue weighted by Crippen LogP contribution is 2.16. The zero-order valence-corrected chi connectivity index (χ0v) is 10.4. The summed E-state index contributed by atoms with van der Waals surface area (Å²) in [5.41, 5.74) is 9.52. The zero-order chi connectivity index (χ0) is 13.2. The molecule has 0 atom stereocenters. The minimum absolute atomic E-state index is 0.202. The van der Waals surface area contributed by atoms with Crippen LogP contribution in [0.4, 0.5) is 10.1 Å². The van der Waals surface area contributed by atoms with Crippen molar-refractivity contribution >= 4 is 16.7 Å². The van der Waals surface area contributed by atoms with Gasteiger partial charge in [-0.05, 0) is 42.3 Å². The number of aromatic nitrogens is 2. The highest BCUT2D eigenvalue weighted by atomic mass is 19.1. The van der Waals surface area contributed by atoms with Crippen molar-refractivity contribution < 1.29 is 4.39 Å². The van der Waals surface area contributed by atoms with Gasteiger partial charge < -0.3 is 10.3 Å². The largest absolute Gasteiger partial charge is 0.399 e. The van der Waals surface area contributed by atoms with E-state index in [2.05, 4.69) is 9.55 Å². The molecule has 0 amide bonds. The number of nitrogen functional groups attached to an aromatic ring is 1. The van der Waals surface area contributed by atoms with Crippen molar-refractivity contribution in [3.8, 4) is 0 Å². The molecule has 0 aliphatic rings. The van der Waals surface area contributed by atoms with Crippen molar-refractivity contribution in [3.63, 3.8) is 0 Å². The SMILES string of the molecule is Nc1ccc2c(c1)ncn2CCc1ccc(F)cc1. The Bertz CT molecular complexity index is 701. The Morgan fingerprint density at radius 1 is 1.11 bits per heavy atom. The Morgan fingerprint density at radius 3 is 2.68 bits per heavy atom. The van der Waals surface area contributed by atoms with Crippen LogP contribution < -0.4 is 5.73 Å². The Morgan fingerprint density at radius 2 is 1.89 bits per heavy atom. The first-order chi connectivity index (χ1) is 9.22. The molecule has 3 rings (SSSR count). The van der Waals surface area contributed by atoms with Gasteiger partial charge in [-0.3, -0.25) is 0 Å². The third-order valence-corrected chi connectivity index (χ3v) is 3.20. The predicted octanol–water partition coefficient (Wildman–Crippen LogP) is 3.00. The van der Waals surface area contributed by atoms with Gasteiger partial charge in [0.15, 0.2) is 0 Å². The molecule has 1 heterocycles. The number of fused-ring (bicyclic) bond motifs is 1. The van der Waals surface area contributed by atoms with Gasteiger partial charge in [-0.15, -0.1) is 0 Å². The molecule has 2 aromatic carbocycles. The predicted molar refractivity (Wildman–Crippen MR) is 74.2 cm³/mol. The van der Waals surface area contributed by atoms with Crippen LogP contribution in [0.15, 0.2) is 48.8 Å². The second kappa shape index (κ2) is 4.72. The lowest BCUT2D eigenvalue weighted by atomic mass is 10.1. The van der Waals surface area contributed by atoms with Crippen LogP contribution in [0.3, 0.4) is 0 Å². The summed E-state index contributed by atoms with van der Waals surface area (Å²) in [7, 11) is 0. The van der Waals surface area contributed by atoms with Crippen molar-refractivity contribution in [1.82, 2.24) is 9.55 Å². The maximum Gasteiger partial charge on any atom is 0.123 e. The van der Waals surface area contributed by atoms with Crippen LogP contribution in [-0.2, 0) is 13.0 Å². The lowest BCUT2D eigenvalue weighted by molar-refractivity contribution is 0.626. The number of halogens is 1. The molecule has 0 fully saturated rings. The van der Waals surface area contributed by atoms with Crippen LogP contribution in [0.2, 0.25) is 0 Å². The summed E-state index contributed by atoms with van der Waals surface area (Å²) in [5, 5.41) is 0. The lowest BCUT2D eigenvalue weighted by Gasteiger charge is -2.05. The molecule has 19 heavy (non-hydrogen) atoms. The Labute approximate surface area is 110 Å². The first-order valence-electron chi connectivity index (χ1n) is 6.17. The van der Waals surface area contributed by atoms with Gasteiger partial charge in [-0.25, -0.2) is 9.37 Å². The molecule has 0 aliphatic heterocycles. The van der Waals surface area contributed by atoms with E-state index in [-0.39, 0.29) is 5.82 Å². The first kappa shape index (κ1) is 11.7. The van der Waals surface area contributed by atoms with Crippen molar-refractivity contribution in [3.05, 3.63) is 60.2 Å². The fraction of sp³-hybridized carbons (Fsp3) is 0.133. The summed E-state index contributed by atoms with van der Waals surface area (Å²) < 4.78 is 14.9. The summed E-state index contributed by atoms with van der Waals surface area (Å²) in [4.78, 5) is 4.33. The lowest BCUT2D eigenvalue weighted by Crippen LogP contribution is -2.00. The standard InChI is InChI=1S/C15H14FN3/c16-12-3-1-11(2-4-12)7-8-19-10-18-14-9-13(17)5-6-15(14)19/h1-6,9-10H,7-8,17H2. The molecule has 3 aromatic rings. The highest BCUT2D eigenvalue weighted by molar-refractivity contribution is 5.78. The third kappa shape index (κ3) is 2.42. The average molecular weight is 255 g/mol. The van der Waals surface area contributed by atoms with E-state index in [1.54, 1.807) is 0 Å². The van der Waals surface area contributed by atoms with Gasteiger partial charge in [0.05, 0.1) is 17.4 Å². The number of hydrogen-bond acceptors (Lipinski definition) is 2. The molecule has 96 valence electrons. The second-order valence-corrected chi connectivity index (χ2v) is 4.56. The van der Waals surface area contributed by atoms with Crippen LogP contribution in [0, 0.1) is 5.82 Å². The van der Waals surface area contributed by atoms with Crippen molar-refractivity contribution in [2.24, 2.45) is 0 Å². The Hall–Kier alpha value is -2.36. The summed E-state index contributed by atoms with van der Waals surface area (Å²) in [6.07, 6.45) is 2.66. The van der Waals surface area contributed by atoms with Gasteiger partial charge in [-0.2, -0.15) is 0 Å². The molecular weight excluding hydrogens is 241 g/mol. The molecule has 3 nitrogen and oxygen atoms in total. The van der Waals surface area contributed by atoms with Gasteiger partial charge >= 0.3 is 0 Å². The fourth-order valence-corrected chi connectivity index (χ4v) is 2.16. The number of hydrogen-bond donors (Lipinski definition) is 1. The first-order valence-corrected chi connectivity index (χ1v) is 6.17. The molecule has 0 saturated carbocycles. The monoisotopic (exact) mass is 255 g/mol. The van der Waals surface area contributed by atoms with Gasteiger partial charge in [0.1, 0.15) is 5.82 Å². The summed E-state index contributed by atoms with van der Waals surface area (Å²) in [6, 6.07) is 12.3. The number of nitrogens with two attached hydrogens (primary N) is 1. The maximum absolute atomic E-state index is 12.8. The van der Waals surface area contributed by atoms with Crippen LogP contribution in [0.1, 0.15) is 5.56 Å². The molecule has 0 spiro atoms. The minimum Gasteiger partial charge on any atom is -0.399 e. The summed E-state index contributed by atoms with van der Waals surface area (Å²) >= 11 is 0. The molecule has 0 unspecified atom stereocenters. The fourth-order valence-electron chi connectivity index (χ4n) is 2.16. The highest BCUT2D eigenvalue weighted by Gasteiger charge is 2.03. The molecule has 0 saturated heterocycles. The van der Waals surface area contributed by atoms with E-state index in [1.165, 1.54) is 12.1 Å². The average Bonchev–Trinajstić information content (AvgIpc) is 2.80. The van der Waals surface area contributed by atoms with Gasteiger partial charge in [-0.1, -0.05) is 12.1 Å². The molecule has 0 aliphatic carbocycles. The summed E-state index contributed by atoms with van der Waals surface area (Å²) in [6.45, 7) is 0.812. The Kier molecular flexibility index (Phi) is 2.91. The quantitative estimate of drug-likeness (QED) is 0.731. The molecular formula is C15H14FN3. The molecule has 4 heteroatoms. The van der Waals surface area contributed by atoms with Gasteiger partial charge in [0.2, 0.25) is 0 Å². The number of imidazole rings is 1. The number of aryl methyl sites for hydroxylation is 2. The summed E-state index contributed by atoms with van der Waals surface area (Å²) in [5.74, 6) is -0.202. The zero-order valence-electron chi connectivity index (χ0n) is 10.4. The number of anilines is 1. The Balaban J connectivity index is 1.80. The van der Waals surface area contributed by atoms with Crippen molar-refractivity contribution in [2.45, 2.75) is 13.0 Å². The van der Waals surface area contributed by atoms with Crippen LogP contribution in [0.5, 0.6) is 0 Å². The van der Waals surface area contributed by atoms with Crippen LogP contribution in [0.25, 0.3) is 11.0 Å². The van der Waals surface area contributed by atoms with E-state index >= 15 is 0 Å². The molecule has 0 bridgehead atoms. The van der Waals surface area contributed by atoms with E-state index < -0.39 is 0 Å². The van der Waals surface area contributed by atoms with Gasteiger partial charge in [0, 0.05) is 12.2 Å². The molecule has 1 aromatic heterocycles. The number of nitrogens with zero attached hydrogens (tertiary/aromatic N) is 2.